The quantitative estimate of drug-likeness (QED) is 0.515. The summed E-state index contributed by atoms with van der Waals surface area (Å²) in [6, 6.07) is 0. The molecule has 0 bridgehead atoms. The highest BCUT2D eigenvalue weighted by Gasteiger charge is 2.29. The van der Waals surface area contributed by atoms with Crippen molar-refractivity contribution in [3.8, 4) is 0 Å². The lowest BCUT2D eigenvalue weighted by Gasteiger charge is -2.39. The van der Waals surface area contributed by atoms with Crippen LogP contribution < -0.4 is 0 Å². The smallest absolute Gasteiger partial charge is 0.0109 e. The predicted octanol–water partition coefficient (Wildman–Crippen LogP) is 2.29. The molecule has 1 heteroatoms. The minimum absolute atomic E-state index is 0.995. The summed E-state index contributed by atoms with van der Waals surface area (Å²) in [5.41, 5.74) is 0. The summed E-state index contributed by atoms with van der Waals surface area (Å²) < 4.78 is 0. The Kier molecular flexibility index (Phi) is 2.17. The number of hydrogen-bond acceptors (Lipinski definition) is 1. The van der Waals surface area contributed by atoms with Crippen molar-refractivity contribution in [1.29, 1.82) is 0 Å². The molecule has 0 aromatic heterocycles. The molecular weight excluding hydrogens is 134 g/mol. The Bertz CT molecular complexity index is 133. The van der Waals surface area contributed by atoms with Crippen LogP contribution in [0.25, 0.3) is 0 Å². The molecule has 0 aromatic carbocycles. The molecule has 1 radical (unpaired) electrons. The topological polar surface area (TPSA) is 3.24 Å². The van der Waals surface area contributed by atoms with Crippen molar-refractivity contribution in [2.24, 2.45) is 11.8 Å². The van der Waals surface area contributed by atoms with Gasteiger partial charge in [0.05, 0.1) is 0 Å². The van der Waals surface area contributed by atoms with E-state index in [1.165, 1.54) is 45.2 Å². The largest absolute Gasteiger partial charge is 0.302 e. The molecule has 0 amide bonds. The second-order valence-electron chi connectivity index (χ2n) is 4.17. The van der Waals surface area contributed by atoms with Gasteiger partial charge in [0.25, 0.3) is 0 Å². The lowest BCUT2D eigenvalue weighted by molar-refractivity contribution is 0.116. The fourth-order valence-corrected chi connectivity index (χ4v) is 2.68. The van der Waals surface area contributed by atoms with Crippen molar-refractivity contribution >= 4 is 0 Å². The van der Waals surface area contributed by atoms with E-state index in [-0.39, 0.29) is 0 Å². The zero-order chi connectivity index (χ0) is 7.68. The number of piperidine rings is 1. The molecule has 1 nitrogen and oxygen atoms in total. The van der Waals surface area contributed by atoms with Gasteiger partial charge in [-0.1, -0.05) is 19.3 Å². The van der Waals surface area contributed by atoms with Crippen LogP contribution in [0.5, 0.6) is 0 Å². The highest BCUT2D eigenvalue weighted by atomic mass is 15.1. The first kappa shape index (κ1) is 7.60. The summed E-state index contributed by atoms with van der Waals surface area (Å²) in [6.45, 7) is 2.51. The molecule has 2 rings (SSSR count). The van der Waals surface area contributed by atoms with Crippen LogP contribution in [0.2, 0.25) is 0 Å². The van der Waals surface area contributed by atoms with E-state index in [0.29, 0.717) is 0 Å². The summed E-state index contributed by atoms with van der Waals surface area (Å²) in [4.78, 5) is 2.26. The first-order valence-corrected chi connectivity index (χ1v) is 4.92. The summed E-state index contributed by atoms with van der Waals surface area (Å²) in [6.07, 6.45) is 7.33. The van der Waals surface area contributed by atoms with Crippen molar-refractivity contribution in [3.05, 3.63) is 7.05 Å². The van der Waals surface area contributed by atoms with Gasteiger partial charge in [-0.15, -0.1) is 0 Å². The number of fused-ring (bicyclic) bond motifs is 1. The van der Waals surface area contributed by atoms with Crippen molar-refractivity contribution in [1.82, 2.24) is 4.90 Å². The highest BCUT2D eigenvalue weighted by Crippen LogP contribution is 2.35. The number of rotatable bonds is 0. The molecule has 0 spiro atoms. The Labute approximate surface area is 69.8 Å². The molecule has 2 atom stereocenters. The van der Waals surface area contributed by atoms with E-state index in [1.807, 2.05) is 0 Å². The Morgan fingerprint density at radius 1 is 1.00 bits per heavy atom. The standard InChI is InChI=1S/C10H18N/c1-11-7-6-9-4-2-3-5-10(9)8-11/h9-10H,1-8H2/t9-,10-/m1/s1. The fourth-order valence-electron chi connectivity index (χ4n) is 2.68. The minimum atomic E-state index is 0.995. The van der Waals surface area contributed by atoms with Gasteiger partial charge in [0.2, 0.25) is 0 Å². The van der Waals surface area contributed by atoms with E-state index in [4.69, 9.17) is 0 Å². The van der Waals surface area contributed by atoms with E-state index >= 15 is 0 Å². The van der Waals surface area contributed by atoms with Crippen molar-refractivity contribution in [2.75, 3.05) is 13.1 Å². The molecule has 0 aromatic rings. The van der Waals surface area contributed by atoms with Crippen molar-refractivity contribution in [3.63, 3.8) is 0 Å². The van der Waals surface area contributed by atoms with Gasteiger partial charge in [-0.05, 0) is 31.2 Å². The number of likely N-dealkylation sites (tertiary alicyclic amines) is 1. The second-order valence-corrected chi connectivity index (χ2v) is 4.17. The summed E-state index contributed by atoms with van der Waals surface area (Å²) >= 11 is 0. The molecule has 11 heavy (non-hydrogen) atoms. The Morgan fingerprint density at radius 2 is 1.73 bits per heavy atom. The molecule has 1 aliphatic heterocycles. The predicted molar refractivity (Wildman–Crippen MR) is 47.0 cm³/mol. The van der Waals surface area contributed by atoms with Crippen LogP contribution in [0, 0.1) is 18.9 Å². The second kappa shape index (κ2) is 3.14. The van der Waals surface area contributed by atoms with E-state index in [9.17, 15) is 0 Å². The highest BCUT2D eigenvalue weighted by molar-refractivity contribution is 4.82. The third kappa shape index (κ3) is 1.58. The van der Waals surface area contributed by atoms with E-state index < -0.39 is 0 Å². The monoisotopic (exact) mass is 152 g/mol. The van der Waals surface area contributed by atoms with Gasteiger partial charge in [-0.3, -0.25) is 0 Å². The van der Waals surface area contributed by atoms with Crippen LogP contribution in [0.4, 0.5) is 0 Å². The van der Waals surface area contributed by atoms with Gasteiger partial charge < -0.3 is 4.90 Å². The van der Waals surface area contributed by atoms with Gasteiger partial charge >= 0.3 is 0 Å². The molecule has 0 N–H and O–H groups in total. The maximum Gasteiger partial charge on any atom is 0.0109 e. The van der Waals surface area contributed by atoms with Gasteiger partial charge in [-0.2, -0.15) is 0 Å². The number of nitrogens with zero attached hydrogens (tertiary/aromatic N) is 1. The fraction of sp³-hybridized carbons (Fsp3) is 0.900. The lowest BCUT2D eigenvalue weighted by Crippen LogP contribution is -2.38. The van der Waals surface area contributed by atoms with Crippen molar-refractivity contribution in [2.45, 2.75) is 32.1 Å². The Balaban J connectivity index is 1.93. The van der Waals surface area contributed by atoms with Crippen LogP contribution in [-0.4, -0.2) is 18.0 Å². The molecule has 2 fully saturated rings. The zero-order valence-electron chi connectivity index (χ0n) is 7.26. The maximum absolute atomic E-state index is 4.02. The first-order chi connectivity index (χ1) is 5.36. The van der Waals surface area contributed by atoms with E-state index in [2.05, 4.69) is 11.9 Å². The zero-order valence-corrected chi connectivity index (χ0v) is 7.26. The molecule has 1 saturated heterocycles. The molecule has 2 aliphatic rings. The lowest BCUT2D eigenvalue weighted by atomic mass is 9.75. The molecule has 1 aliphatic carbocycles. The Morgan fingerprint density at radius 3 is 2.55 bits per heavy atom. The third-order valence-electron chi connectivity index (χ3n) is 3.38. The SMILES string of the molecule is [CH2]N1CC[C@H]2CCCC[C@@H]2C1. The van der Waals surface area contributed by atoms with Crippen LogP contribution in [0.15, 0.2) is 0 Å². The average Bonchev–Trinajstić information content (AvgIpc) is 2.04. The maximum atomic E-state index is 4.02. The van der Waals surface area contributed by atoms with E-state index in [1.54, 1.807) is 0 Å². The molecule has 1 heterocycles. The van der Waals surface area contributed by atoms with Crippen molar-refractivity contribution < 1.29 is 0 Å². The third-order valence-corrected chi connectivity index (χ3v) is 3.38. The first-order valence-electron chi connectivity index (χ1n) is 4.92. The van der Waals surface area contributed by atoms with Crippen LogP contribution in [0.1, 0.15) is 32.1 Å². The molecular formula is C10H18N. The number of hydrogen-bond donors (Lipinski definition) is 0. The summed E-state index contributed by atoms with van der Waals surface area (Å²) in [5, 5.41) is 0. The summed E-state index contributed by atoms with van der Waals surface area (Å²) in [7, 11) is 4.02. The Hall–Kier alpha value is -0.0400. The normalized spacial score (nSPS) is 40.1. The van der Waals surface area contributed by atoms with Crippen LogP contribution >= 0.6 is 0 Å². The van der Waals surface area contributed by atoms with Gasteiger partial charge in [-0.25, -0.2) is 0 Å². The van der Waals surface area contributed by atoms with Gasteiger partial charge in [0.1, 0.15) is 0 Å². The van der Waals surface area contributed by atoms with Crippen LogP contribution in [0.3, 0.4) is 0 Å². The van der Waals surface area contributed by atoms with E-state index in [0.717, 1.165) is 11.8 Å². The van der Waals surface area contributed by atoms with Gasteiger partial charge in [0, 0.05) is 13.6 Å². The molecule has 0 unspecified atom stereocenters. The van der Waals surface area contributed by atoms with Gasteiger partial charge in [0.15, 0.2) is 0 Å². The average molecular weight is 152 g/mol. The molecule has 63 valence electrons. The summed E-state index contributed by atoms with van der Waals surface area (Å²) in [5.74, 6) is 2.05. The van der Waals surface area contributed by atoms with Crippen LogP contribution in [-0.2, 0) is 0 Å². The minimum Gasteiger partial charge on any atom is -0.302 e. The molecule has 1 saturated carbocycles.